The minimum atomic E-state index is 0.649. The van der Waals surface area contributed by atoms with Crippen molar-refractivity contribution in [1.82, 2.24) is 0 Å². The van der Waals surface area contributed by atoms with Crippen LogP contribution in [0.15, 0.2) is 24.3 Å². The number of para-hydroxylation sites is 1. The van der Waals surface area contributed by atoms with Crippen LogP contribution in [0.3, 0.4) is 0 Å². The SMILES string of the molecule is NCCC1Cc2ccccc2N1C1CCCCC1. The number of benzene rings is 1. The first kappa shape index (κ1) is 12.0. The summed E-state index contributed by atoms with van der Waals surface area (Å²) in [5, 5.41) is 0. The molecule has 0 radical (unpaired) electrons. The molecule has 1 aromatic carbocycles. The zero-order chi connectivity index (χ0) is 12.4. The van der Waals surface area contributed by atoms with E-state index in [1.807, 2.05) is 0 Å². The number of anilines is 1. The molecule has 3 rings (SSSR count). The molecule has 1 aliphatic heterocycles. The molecule has 1 saturated carbocycles. The van der Waals surface area contributed by atoms with Gasteiger partial charge in [-0.3, -0.25) is 0 Å². The van der Waals surface area contributed by atoms with Gasteiger partial charge >= 0.3 is 0 Å². The van der Waals surface area contributed by atoms with Gasteiger partial charge in [-0.2, -0.15) is 0 Å². The van der Waals surface area contributed by atoms with Gasteiger partial charge in [0, 0.05) is 17.8 Å². The normalized spacial score (nSPS) is 24.3. The van der Waals surface area contributed by atoms with E-state index < -0.39 is 0 Å². The monoisotopic (exact) mass is 244 g/mol. The van der Waals surface area contributed by atoms with Crippen molar-refractivity contribution < 1.29 is 0 Å². The van der Waals surface area contributed by atoms with Crippen molar-refractivity contribution in [2.45, 2.75) is 57.0 Å². The van der Waals surface area contributed by atoms with E-state index in [9.17, 15) is 0 Å². The van der Waals surface area contributed by atoms with Gasteiger partial charge in [-0.05, 0) is 43.9 Å². The third-order valence-electron chi connectivity index (χ3n) is 4.59. The van der Waals surface area contributed by atoms with E-state index in [0.29, 0.717) is 6.04 Å². The predicted molar refractivity (Wildman–Crippen MR) is 77.0 cm³/mol. The highest BCUT2D eigenvalue weighted by Gasteiger charge is 2.33. The lowest BCUT2D eigenvalue weighted by atomic mass is 9.93. The lowest BCUT2D eigenvalue weighted by molar-refractivity contribution is 0.388. The van der Waals surface area contributed by atoms with Crippen LogP contribution in [-0.4, -0.2) is 18.6 Å². The first-order chi connectivity index (χ1) is 8.90. The topological polar surface area (TPSA) is 29.3 Å². The Balaban J connectivity index is 1.86. The summed E-state index contributed by atoms with van der Waals surface area (Å²) >= 11 is 0. The van der Waals surface area contributed by atoms with Crippen molar-refractivity contribution in [3.05, 3.63) is 29.8 Å². The van der Waals surface area contributed by atoms with Gasteiger partial charge in [-0.1, -0.05) is 37.5 Å². The summed E-state index contributed by atoms with van der Waals surface area (Å²) in [5.41, 5.74) is 8.83. The molecule has 2 nitrogen and oxygen atoms in total. The second kappa shape index (κ2) is 5.31. The second-order valence-corrected chi connectivity index (χ2v) is 5.76. The fourth-order valence-corrected chi connectivity index (χ4v) is 3.77. The maximum atomic E-state index is 5.81. The molecule has 1 atom stereocenters. The summed E-state index contributed by atoms with van der Waals surface area (Å²) in [6.07, 6.45) is 9.30. The molecule has 1 aromatic rings. The largest absolute Gasteiger partial charge is 0.365 e. The highest BCUT2D eigenvalue weighted by molar-refractivity contribution is 5.60. The van der Waals surface area contributed by atoms with Crippen molar-refractivity contribution in [3.63, 3.8) is 0 Å². The molecule has 0 bridgehead atoms. The minimum Gasteiger partial charge on any atom is -0.365 e. The zero-order valence-corrected chi connectivity index (χ0v) is 11.1. The highest BCUT2D eigenvalue weighted by Crippen LogP contribution is 2.38. The molecule has 1 aliphatic carbocycles. The number of hydrogen-bond donors (Lipinski definition) is 1. The molecule has 18 heavy (non-hydrogen) atoms. The maximum absolute atomic E-state index is 5.81. The number of hydrogen-bond acceptors (Lipinski definition) is 2. The van der Waals surface area contributed by atoms with Crippen molar-refractivity contribution >= 4 is 5.69 Å². The molecule has 0 spiro atoms. The van der Waals surface area contributed by atoms with Crippen LogP contribution in [0, 0.1) is 0 Å². The van der Waals surface area contributed by atoms with Crippen LogP contribution in [0.5, 0.6) is 0 Å². The Kier molecular flexibility index (Phi) is 3.55. The quantitative estimate of drug-likeness (QED) is 0.885. The van der Waals surface area contributed by atoms with Gasteiger partial charge < -0.3 is 10.6 Å². The van der Waals surface area contributed by atoms with Crippen molar-refractivity contribution in [2.75, 3.05) is 11.4 Å². The fraction of sp³-hybridized carbons (Fsp3) is 0.625. The summed E-state index contributed by atoms with van der Waals surface area (Å²) in [6, 6.07) is 10.4. The van der Waals surface area contributed by atoms with Crippen LogP contribution in [0.2, 0.25) is 0 Å². The maximum Gasteiger partial charge on any atom is 0.0404 e. The summed E-state index contributed by atoms with van der Waals surface area (Å²) in [5.74, 6) is 0. The van der Waals surface area contributed by atoms with Crippen molar-refractivity contribution in [2.24, 2.45) is 5.73 Å². The van der Waals surface area contributed by atoms with Gasteiger partial charge in [-0.25, -0.2) is 0 Å². The van der Waals surface area contributed by atoms with E-state index in [0.717, 1.165) is 19.0 Å². The molecular formula is C16H24N2. The first-order valence-electron chi connectivity index (χ1n) is 7.46. The van der Waals surface area contributed by atoms with E-state index in [4.69, 9.17) is 5.73 Å². The van der Waals surface area contributed by atoms with Crippen LogP contribution in [-0.2, 0) is 6.42 Å². The summed E-state index contributed by atoms with van der Waals surface area (Å²) in [4.78, 5) is 2.71. The highest BCUT2D eigenvalue weighted by atomic mass is 15.2. The van der Waals surface area contributed by atoms with Crippen molar-refractivity contribution in [3.8, 4) is 0 Å². The molecule has 0 saturated heterocycles. The fourth-order valence-electron chi connectivity index (χ4n) is 3.77. The molecule has 1 fully saturated rings. The Bertz CT molecular complexity index is 391. The lowest BCUT2D eigenvalue weighted by Gasteiger charge is -2.38. The number of fused-ring (bicyclic) bond motifs is 1. The second-order valence-electron chi connectivity index (χ2n) is 5.76. The predicted octanol–water partition coefficient (Wildman–Crippen LogP) is 3.10. The summed E-state index contributed by atoms with van der Waals surface area (Å²) in [6.45, 7) is 0.807. The molecule has 1 unspecified atom stereocenters. The van der Waals surface area contributed by atoms with Gasteiger partial charge in [0.25, 0.3) is 0 Å². The van der Waals surface area contributed by atoms with Gasteiger partial charge in [0.15, 0.2) is 0 Å². The van der Waals surface area contributed by atoms with Crippen LogP contribution in [0.4, 0.5) is 5.69 Å². The van der Waals surface area contributed by atoms with E-state index in [1.165, 1.54) is 49.8 Å². The van der Waals surface area contributed by atoms with E-state index in [2.05, 4.69) is 29.2 Å². The lowest BCUT2D eigenvalue weighted by Crippen LogP contribution is -2.43. The Morgan fingerprint density at radius 2 is 1.89 bits per heavy atom. The van der Waals surface area contributed by atoms with Gasteiger partial charge in [-0.15, -0.1) is 0 Å². The Hall–Kier alpha value is -1.02. The van der Waals surface area contributed by atoms with Gasteiger partial charge in [0.05, 0.1) is 0 Å². The van der Waals surface area contributed by atoms with Crippen LogP contribution < -0.4 is 10.6 Å². The summed E-state index contributed by atoms with van der Waals surface area (Å²) < 4.78 is 0. The average Bonchev–Trinajstić information content (AvgIpc) is 2.78. The van der Waals surface area contributed by atoms with Crippen LogP contribution in [0.1, 0.15) is 44.1 Å². The Labute approximate surface area is 110 Å². The van der Waals surface area contributed by atoms with Crippen molar-refractivity contribution in [1.29, 1.82) is 0 Å². The third kappa shape index (κ3) is 2.14. The molecule has 2 N–H and O–H groups in total. The molecule has 1 heterocycles. The first-order valence-corrected chi connectivity index (χ1v) is 7.46. The van der Waals surface area contributed by atoms with E-state index in [1.54, 1.807) is 0 Å². The Morgan fingerprint density at radius 3 is 2.67 bits per heavy atom. The van der Waals surface area contributed by atoms with Crippen LogP contribution >= 0.6 is 0 Å². The summed E-state index contributed by atoms with van der Waals surface area (Å²) in [7, 11) is 0. The smallest absolute Gasteiger partial charge is 0.0404 e. The Morgan fingerprint density at radius 1 is 1.11 bits per heavy atom. The van der Waals surface area contributed by atoms with E-state index >= 15 is 0 Å². The number of rotatable bonds is 3. The van der Waals surface area contributed by atoms with Gasteiger partial charge in [0.1, 0.15) is 0 Å². The van der Waals surface area contributed by atoms with Crippen LogP contribution in [0.25, 0.3) is 0 Å². The molecule has 2 heteroatoms. The van der Waals surface area contributed by atoms with Gasteiger partial charge in [0.2, 0.25) is 0 Å². The van der Waals surface area contributed by atoms with E-state index in [-0.39, 0.29) is 0 Å². The average molecular weight is 244 g/mol. The zero-order valence-electron chi connectivity index (χ0n) is 11.1. The molecule has 0 amide bonds. The molecule has 98 valence electrons. The molecular weight excluding hydrogens is 220 g/mol. The molecule has 2 aliphatic rings. The minimum absolute atomic E-state index is 0.649. The molecule has 0 aromatic heterocycles. The number of nitrogens with two attached hydrogens (primary N) is 1. The standard InChI is InChI=1S/C16H24N2/c17-11-10-15-12-13-6-4-5-9-16(13)18(15)14-7-2-1-3-8-14/h4-6,9,14-15H,1-3,7-8,10-12,17H2. The number of nitrogens with zero attached hydrogens (tertiary/aromatic N) is 1. The third-order valence-corrected chi connectivity index (χ3v) is 4.59.